The van der Waals surface area contributed by atoms with Gasteiger partial charge in [-0.25, -0.2) is 0 Å². The number of rotatable bonds is 7. The minimum absolute atomic E-state index is 0.0666. The van der Waals surface area contributed by atoms with E-state index in [-0.39, 0.29) is 5.76 Å². The van der Waals surface area contributed by atoms with Crippen LogP contribution in [0.2, 0.25) is 5.02 Å². The Morgan fingerprint density at radius 2 is 1.68 bits per heavy atom. The highest BCUT2D eigenvalue weighted by Crippen LogP contribution is 2.33. The molecular formula is C27H32ClNO2. The molecule has 0 aliphatic heterocycles. The van der Waals surface area contributed by atoms with Crippen molar-refractivity contribution >= 4 is 17.4 Å². The third-order valence-electron chi connectivity index (χ3n) is 5.33. The second kappa shape index (κ2) is 12.3. The maximum atomic E-state index is 11.1. The summed E-state index contributed by atoms with van der Waals surface area (Å²) in [6.07, 6.45) is 3.77. The normalized spacial score (nSPS) is 13.5. The molecule has 2 unspecified atom stereocenters. The van der Waals surface area contributed by atoms with Gasteiger partial charge in [0.1, 0.15) is 11.9 Å². The molecule has 0 aliphatic rings. The first-order valence-electron chi connectivity index (χ1n) is 10.8. The number of aromatic nitrogens is 1. The van der Waals surface area contributed by atoms with Gasteiger partial charge in [-0.3, -0.25) is 4.98 Å². The van der Waals surface area contributed by atoms with E-state index in [0.717, 1.165) is 12.0 Å². The van der Waals surface area contributed by atoms with Crippen LogP contribution >= 0.6 is 11.6 Å². The topological polar surface area (TPSA) is 53.4 Å². The lowest BCUT2D eigenvalue weighted by atomic mass is 9.87. The fraction of sp³-hybridized carbons (Fsp3) is 0.296. The Balaban J connectivity index is 0.00000166. The number of benzene rings is 2. The van der Waals surface area contributed by atoms with Gasteiger partial charge in [-0.05, 0) is 53.8 Å². The lowest BCUT2D eigenvalue weighted by Gasteiger charge is -2.21. The lowest BCUT2D eigenvalue weighted by Crippen LogP contribution is -2.10. The molecule has 3 nitrogen and oxygen atoms in total. The molecule has 2 N–H and O–H groups in total. The fourth-order valence-corrected chi connectivity index (χ4v) is 3.57. The highest BCUT2D eigenvalue weighted by atomic mass is 35.5. The van der Waals surface area contributed by atoms with E-state index in [2.05, 4.69) is 31.0 Å². The van der Waals surface area contributed by atoms with Gasteiger partial charge in [0.2, 0.25) is 0 Å². The Bertz CT molecular complexity index is 968. The molecule has 2 atom stereocenters. The molecule has 0 radical (unpaired) electrons. The first-order valence-corrected chi connectivity index (χ1v) is 11.2. The summed E-state index contributed by atoms with van der Waals surface area (Å²) in [6.45, 7) is 8.35. The van der Waals surface area contributed by atoms with Crippen molar-refractivity contribution in [2.45, 2.75) is 52.6 Å². The van der Waals surface area contributed by atoms with E-state index in [1.54, 1.807) is 42.7 Å². The largest absolute Gasteiger partial charge is 0.507 e. The van der Waals surface area contributed by atoms with E-state index in [9.17, 15) is 10.2 Å². The van der Waals surface area contributed by atoms with Crippen molar-refractivity contribution in [3.63, 3.8) is 0 Å². The molecule has 1 heterocycles. The van der Waals surface area contributed by atoms with Crippen LogP contribution in [-0.2, 0) is 6.42 Å². The number of hydrogen-bond donors (Lipinski definition) is 2. The van der Waals surface area contributed by atoms with Gasteiger partial charge in [0, 0.05) is 40.5 Å². The molecule has 0 saturated heterocycles. The summed E-state index contributed by atoms with van der Waals surface area (Å²) in [7, 11) is 0. The number of pyridine rings is 1. The van der Waals surface area contributed by atoms with Crippen molar-refractivity contribution in [3.05, 3.63) is 106 Å². The van der Waals surface area contributed by atoms with Crippen molar-refractivity contribution in [1.82, 2.24) is 4.98 Å². The first-order chi connectivity index (χ1) is 15.0. The lowest BCUT2D eigenvalue weighted by molar-refractivity contribution is 0.210. The predicted molar refractivity (Wildman–Crippen MR) is 130 cm³/mol. The summed E-state index contributed by atoms with van der Waals surface area (Å²) in [5.74, 6) is 0.456. The molecule has 4 heteroatoms. The Morgan fingerprint density at radius 3 is 2.29 bits per heavy atom. The standard InChI is InChI=1S/C25H26ClNO2.C2H6/c1-3-17(2)22-9-5-4-7-19(22)15-23(25(29)20-8-6-14-27-16-20)24(28)18-10-12-21(26)13-11-18;1-2/h4-14,16-17,25,28-29H,3,15H2,1-2H3;1-2H3/b24-23+;. The van der Waals surface area contributed by atoms with E-state index >= 15 is 0 Å². The number of hydrogen-bond acceptors (Lipinski definition) is 3. The zero-order chi connectivity index (χ0) is 22.8. The van der Waals surface area contributed by atoms with Crippen LogP contribution in [0.25, 0.3) is 5.76 Å². The monoisotopic (exact) mass is 437 g/mol. The minimum Gasteiger partial charge on any atom is -0.507 e. The van der Waals surface area contributed by atoms with Crippen LogP contribution in [0.1, 0.15) is 68.4 Å². The molecule has 1 aromatic heterocycles. The number of aliphatic hydroxyl groups is 2. The van der Waals surface area contributed by atoms with Gasteiger partial charge >= 0.3 is 0 Å². The maximum absolute atomic E-state index is 11.1. The molecule has 0 bridgehead atoms. The fourth-order valence-electron chi connectivity index (χ4n) is 3.44. The first kappa shape index (κ1) is 24.6. The highest BCUT2D eigenvalue weighted by Gasteiger charge is 2.21. The summed E-state index contributed by atoms with van der Waals surface area (Å²) in [5.41, 5.74) is 4.13. The summed E-state index contributed by atoms with van der Waals surface area (Å²) < 4.78 is 0. The van der Waals surface area contributed by atoms with Crippen LogP contribution in [-0.4, -0.2) is 15.2 Å². The Kier molecular flexibility index (Phi) is 9.77. The average Bonchev–Trinajstić information content (AvgIpc) is 2.83. The van der Waals surface area contributed by atoms with Crippen LogP contribution in [0, 0.1) is 0 Å². The molecule has 3 aromatic rings. The summed E-state index contributed by atoms with van der Waals surface area (Å²) >= 11 is 6.00. The maximum Gasteiger partial charge on any atom is 0.125 e. The molecule has 31 heavy (non-hydrogen) atoms. The number of nitrogens with zero attached hydrogens (tertiary/aromatic N) is 1. The molecule has 2 aromatic carbocycles. The zero-order valence-corrected chi connectivity index (χ0v) is 19.5. The number of halogens is 1. The quantitative estimate of drug-likeness (QED) is 0.376. The number of aliphatic hydroxyl groups excluding tert-OH is 2. The van der Waals surface area contributed by atoms with Crippen molar-refractivity contribution in [2.24, 2.45) is 0 Å². The molecule has 3 rings (SSSR count). The van der Waals surface area contributed by atoms with Gasteiger partial charge < -0.3 is 10.2 Å². The van der Waals surface area contributed by atoms with Gasteiger partial charge in [0.15, 0.2) is 0 Å². The van der Waals surface area contributed by atoms with Crippen molar-refractivity contribution in [1.29, 1.82) is 0 Å². The van der Waals surface area contributed by atoms with E-state index < -0.39 is 6.10 Å². The zero-order valence-electron chi connectivity index (χ0n) is 18.7. The summed E-state index contributed by atoms with van der Waals surface area (Å²) in [6, 6.07) is 18.8. The second-order valence-corrected chi connectivity index (χ2v) is 7.69. The van der Waals surface area contributed by atoms with Gasteiger partial charge in [0.25, 0.3) is 0 Å². The predicted octanol–water partition coefficient (Wildman–Crippen LogP) is 7.52. The Morgan fingerprint density at radius 1 is 1.00 bits per heavy atom. The minimum atomic E-state index is -0.968. The van der Waals surface area contributed by atoms with E-state index in [1.165, 1.54) is 5.56 Å². The molecule has 164 valence electrons. The second-order valence-electron chi connectivity index (χ2n) is 7.25. The van der Waals surface area contributed by atoms with Crippen LogP contribution in [0.4, 0.5) is 0 Å². The molecular weight excluding hydrogens is 406 g/mol. The van der Waals surface area contributed by atoms with Crippen LogP contribution < -0.4 is 0 Å². The van der Waals surface area contributed by atoms with Crippen molar-refractivity contribution in [3.8, 4) is 0 Å². The van der Waals surface area contributed by atoms with Crippen molar-refractivity contribution < 1.29 is 10.2 Å². The van der Waals surface area contributed by atoms with E-state index in [4.69, 9.17) is 11.6 Å². The summed E-state index contributed by atoms with van der Waals surface area (Å²) in [4.78, 5) is 4.12. The molecule has 0 fully saturated rings. The van der Waals surface area contributed by atoms with Crippen LogP contribution in [0.15, 0.2) is 78.6 Å². The molecule has 0 aliphatic carbocycles. The molecule has 0 amide bonds. The molecule has 0 saturated carbocycles. The molecule has 0 spiro atoms. The smallest absolute Gasteiger partial charge is 0.125 e. The highest BCUT2D eigenvalue weighted by molar-refractivity contribution is 6.30. The van der Waals surface area contributed by atoms with Gasteiger partial charge in [0.05, 0.1) is 0 Å². The van der Waals surface area contributed by atoms with Crippen LogP contribution in [0.5, 0.6) is 0 Å². The van der Waals surface area contributed by atoms with Crippen LogP contribution in [0.3, 0.4) is 0 Å². The Labute approximate surface area is 191 Å². The van der Waals surface area contributed by atoms with Gasteiger partial charge in [-0.1, -0.05) is 69.6 Å². The third-order valence-corrected chi connectivity index (χ3v) is 5.58. The van der Waals surface area contributed by atoms with E-state index in [0.29, 0.717) is 34.1 Å². The van der Waals surface area contributed by atoms with Crippen molar-refractivity contribution in [2.75, 3.05) is 0 Å². The summed E-state index contributed by atoms with van der Waals surface area (Å²) in [5, 5.41) is 22.8. The Hall–Kier alpha value is -2.62. The van der Waals surface area contributed by atoms with Gasteiger partial charge in [-0.15, -0.1) is 0 Å². The third kappa shape index (κ3) is 6.43. The average molecular weight is 438 g/mol. The SMILES string of the molecule is CC.CCC(C)c1ccccc1C/C(=C(\O)c1ccc(Cl)cc1)C(O)c1cccnc1. The van der Waals surface area contributed by atoms with E-state index in [1.807, 2.05) is 32.0 Å². The van der Waals surface area contributed by atoms with Gasteiger partial charge in [-0.2, -0.15) is 0 Å².